The maximum Gasteiger partial charge on any atom is 0.118 e. The van der Waals surface area contributed by atoms with E-state index in [2.05, 4.69) is 22.3 Å². The molecule has 1 heterocycles. The molecule has 1 aromatic rings. The van der Waals surface area contributed by atoms with Gasteiger partial charge in [0, 0.05) is 12.3 Å². The summed E-state index contributed by atoms with van der Waals surface area (Å²) in [5.41, 5.74) is 0.216. The lowest BCUT2D eigenvalue weighted by Crippen LogP contribution is -2.22. The highest BCUT2D eigenvalue weighted by Crippen LogP contribution is 2.38. The normalized spacial score (nSPS) is 19.0. The molecule has 1 aromatic heterocycles. The molecule has 4 heteroatoms. The monoisotopic (exact) mass is 228 g/mol. The summed E-state index contributed by atoms with van der Waals surface area (Å²) < 4.78 is 0. The van der Waals surface area contributed by atoms with Gasteiger partial charge in [0.15, 0.2) is 0 Å². The van der Waals surface area contributed by atoms with Crippen LogP contribution in [-0.4, -0.2) is 16.1 Å². The van der Waals surface area contributed by atoms with Gasteiger partial charge < -0.3 is 0 Å². The number of aryl methyl sites for hydroxylation is 1. The van der Waals surface area contributed by atoms with E-state index in [0.29, 0.717) is 5.88 Å². The van der Waals surface area contributed by atoms with Crippen LogP contribution in [0, 0.1) is 12.3 Å². The maximum absolute atomic E-state index is 6.04. The van der Waals surface area contributed by atoms with E-state index in [9.17, 15) is 0 Å². The second-order valence-electron chi connectivity index (χ2n) is 3.90. The fourth-order valence-electron chi connectivity index (χ4n) is 1.78. The van der Waals surface area contributed by atoms with Crippen LogP contribution in [0.25, 0.3) is 0 Å². The summed E-state index contributed by atoms with van der Waals surface area (Å²) >= 11 is 7.72. The van der Waals surface area contributed by atoms with E-state index >= 15 is 0 Å². The van der Waals surface area contributed by atoms with Crippen molar-refractivity contribution in [3.8, 4) is 0 Å². The van der Waals surface area contributed by atoms with Crippen LogP contribution >= 0.6 is 22.9 Å². The largest absolute Gasteiger partial charge is 0.144 e. The molecule has 76 valence electrons. The van der Waals surface area contributed by atoms with Gasteiger partial charge in [-0.15, -0.1) is 33.1 Å². The lowest BCUT2D eigenvalue weighted by molar-refractivity contribution is 0.355. The van der Waals surface area contributed by atoms with Gasteiger partial charge in [0.2, 0.25) is 0 Å². The zero-order valence-electron chi connectivity index (χ0n) is 8.16. The van der Waals surface area contributed by atoms with Gasteiger partial charge in [-0.25, -0.2) is 0 Å². The van der Waals surface area contributed by atoms with Crippen LogP contribution in [0.15, 0.2) is 12.2 Å². The number of rotatable bonds is 3. The Kier molecular flexibility index (Phi) is 2.88. The van der Waals surface area contributed by atoms with Gasteiger partial charge in [-0.05, 0) is 25.2 Å². The van der Waals surface area contributed by atoms with Gasteiger partial charge in [0.25, 0.3) is 0 Å². The summed E-state index contributed by atoms with van der Waals surface area (Å²) in [4.78, 5) is 0. The highest BCUT2D eigenvalue weighted by atomic mass is 35.5. The van der Waals surface area contributed by atoms with E-state index in [0.717, 1.165) is 29.3 Å². The lowest BCUT2D eigenvalue weighted by atomic mass is 9.84. The van der Waals surface area contributed by atoms with Crippen LogP contribution in [0.1, 0.15) is 22.9 Å². The van der Waals surface area contributed by atoms with E-state index in [1.807, 2.05) is 6.92 Å². The molecule has 0 aromatic carbocycles. The van der Waals surface area contributed by atoms with Crippen LogP contribution < -0.4 is 0 Å². The Bertz CT molecular complexity index is 338. The van der Waals surface area contributed by atoms with Crippen molar-refractivity contribution in [3.63, 3.8) is 0 Å². The van der Waals surface area contributed by atoms with Crippen molar-refractivity contribution in [2.24, 2.45) is 5.41 Å². The molecular formula is C10H13ClN2S. The third-order valence-corrected chi connectivity index (χ3v) is 4.05. The molecule has 0 saturated carbocycles. The molecular weight excluding hydrogens is 216 g/mol. The van der Waals surface area contributed by atoms with Crippen molar-refractivity contribution in [2.45, 2.75) is 26.2 Å². The molecule has 1 aliphatic rings. The van der Waals surface area contributed by atoms with E-state index in [-0.39, 0.29) is 5.41 Å². The Morgan fingerprint density at radius 3 is 2.64 bits per heavy atom. The van der Waals surface area contributed by atoms with Gasteiger partial charge in [-0.1, -0.05) is 12.2 Å². The SMILES string of the molecule is Cc1nnc(CC2(CCl)CC=CC2)s1. The Balaban J connectivity index is 2.08. The number of hydrogen-bond acceptors (Lipinski definition) is 3. The second kappa shape index (κ2) is 3.99. The Morgan fingerprint density at radius 2 is 2.14 bits per heavy atom. The van der Waals surface area contributed by atoms with Gasteiger partial charge in [0.1, 0.15) is 10.0 Å². The first-order valence-corrected chi connectivity index (χ1v) is 6.09. The Labute approximate surface area is 93.0 Å². The summed E-state index contributed by atoms with van der Waals surface area (Å²) in [6.45, 7) is 1.99. The Hall–Kier alpha value is -0.410. The summed E-state index contributed by atoms with van der Waals surface area (Å²) in [7, 11) is 0. The first-order valence-electron chi connectivity index (χ1n) is 4.74. The van der Waals surface area contributed by atoms with E-state index in [1.165, 1.54) is 0 Å². The Morgan fingerprint density at radius 1 is 1.43 bits per heavy atom. The lowest BCUT2D eigenvalue weighted by Gasteiger charge is -2.24. The molecule has 2 nitrogen and oxygen atoms in total. The predicted molar refractivity (Wildman–Crippen MR) is 59.9 cm³/mol. The van der Waals surface area contributed by atoms with Crippen LogP contribution in [0.2, 0.25) is 0 Å². The molecule has 0 atom stereocenters. The number of aromatic nitrogens is 2. The number of alkyl halides is 1. The molecule has 0 spiro atoms. The standard InChI is InChI=1S/C10H13ClN2S/c1-8-12-13-9(14-8)6-10(7-11)4-2-3-5-10/h2-3H,4-7H2,1H3. The molecule has 0 saturated heterocycles. The van der Waals surface area contributed by atoms with Crippen molar-refractivity contribution < 1.29 is 0 Å². The zero-order valence-corrected chi connectivity index (χ0v) is 9.74. The quantitative estimate of drug-likeness (QED) is 0.587. The molecule has 2 rings (SSSR count). The van der Waals surface area contributed by atoms with Gasteiger partial charge in [-0.3, -0.25) is 0 Å². The minimum Gasteiger partial charge on any atom is -0.144 e. The number of allylic oxidation sites excluding steroid dienone is 2. The van der Waals surface area contributed by atoms with Crippen LogP contribution in [0.5, 0.6) is 0 Å². The highest BCUT2D eigenvalue weighted by molar-refractivity contribution is 7.11. The maximum atomic E-state index is 6.04. The predicted octanol–water partition coefficient (Wildman–Crippen LogP) is 2.96. The first kappa shape index (κ1) is 10.1. The molecule has 0 aliphatic heterocycles. The van der Waals surface area contributed by atoms with Crippen LogP contribution in [0.4, 0.5) is 0 Å². The molecule has 0 radical (unpaired) electrons. The molecule has 0 unspecified atom stereocenters. The number of hydrogen-bond donors (Lipinski definition) is 0. The zero-order chi connectivity index (χ0) is 10.0. The van der Waals surface area contributed by atoms with E-state index in [4.69, 9.17) is 11.6 Å². The molecule has 14 heavy (non-hydrogen) atoms. The van der Waals surface area contributed by atoms with Crippen molar-refractivity contribution in [1.82, 2.24) is 10.2 Å². The summed E-state index contributed by atoms with van der Waals surface area (Å²) in [6.07, 6.45) is 7.56. The summed E-state index contributed by atoms with van der Waals surface area (Å²) in [6, 6.07) is 0. The molecule has 0 N–H and O–H groups in total. The average molecular weight is 229 g/mol. The van der Waals surface area contributed by atoms with Gasteiger partial charge in [0.05, 0.1) is 0 Å². The smallest absolute Gasteiger partial charge is 0.118 e. The fourth-order valence-corrected chi connectivity index (χ4v) is 2.98. The van der Waals surface area contributed by atoms with Crippen molar-refractivity contribution in [1.29, 1.82) is 0 Å². The third-order valence-electron chi connectivity index (χ3n) is 2.65. The summed E-state index contributed by atoms with van der Waals surface area (Å²) in [5.74, 6) is 0.707. The van der Waals surface area contributed by atoms with E-state index in [1.54, 1.807) is 11.3 Å². The topological polar surface area (TPSA) is 25.8 Å². The molecule has 0 fully saturated rings. The van der Waals surface area contributed by atoms with Gasteiger partial charge in [-0.2, -0.15) is 0 Å². The minimum absolute atomic E-state index is 0.216. The molecule has 0 amide bonds. The molecule has 1 aliphatic carbocycles. The van der Waals surface area contributed by atoms with E-state index < -0.39 is 0 Å². The van der Waals surface area contributed by atoms with Crippen LogP contribution in [0.3, 0.4) is 0 Å². The average Bonchev–Trinajstić information content (AvgIpc) is 2.77. The third kappa shape index (κ3) is 1.98. The van der Waals surface area contributed by atoms with Crippen molar-refractivity contribution in [2.75, 3.05) is 5.88 Å². The van der Waals surface area contributed by atoms with Crippen molar-refractivity contribution >= 4 is 22.9 Å². The minimum atomic E-state index is 0.216. The number of nitrogens with zero attached hydrogens (tertiary/aromatic N) is 2. The molecule has 0 bridgehead atoms. The second-order valence-corrected chi connectivity index (χ2v) is 5.44. The first-order chi connectivity index (χ1) is 6.74. The van der Waals surface area contributed by atoms with Crippen molar-refractivity contribution in [3.05, 3.63) is 22.2 Å². The summed E-state index contributed by atoms with van der Waals surface area (Å²) in [5, 5.41) is 10.3. The van der Waals surface area contributed by atoms with Crippen LogP contribution in [-0.2, 0) is 6.42 Å². The fraction of sp³-hybridized carbons (Fsp3) is 0.600. The van der Waals surface area contributed by atoms with Gasteiger partial charge >= 0.3 is 0 Å². The number of halogens is 1. The highest BCUT2D eigenvalue weighted by Gasteiger charge is 2.31.